The lowest BCUT2D eigenvalue weighted by Crippen LogP contribution is -1.96. The summed E-state index contributed by atoms with van der Waals surface area (Å²) < 4.78 is 36.8. The van der Waals surface area contributed by atoms with Crippen LogP contribution in [-0.2, 0) is 9.84 Å². The second kappa shape index (κ2) is 5.84. The van der Waals surface area contributed by atoms with E-state index in [1.165, 1.54) is 42.5 Å². The van der Waals surface area contributed by atoms with Gasteiger partial charge in [-0.05, 0) is 35.9 Å². The van der Waals surface area contributed by atoms with Gasteiger partial charge in [0, 0.05) is 17.5 Å². The summed E-state index contributed by atoms with van der Waals surface area (Å²) in [6, 6.07) is 9.91. The largest absolute Gasteiger partial charge is 0.269 e. The van der Waals surface area contributed by atoms with Crippen molar-refractivity contribution in [2.75, 3.05) is 0 Å². The number of nitrogens with zero attached hydrogens (tertiary/aromatic N) is 1. The summed E-state index contributed by atoms with van der Waals surface area (Å²) >= 11 is 0. The Bertz CT molecular complexity index is 781. The predicted molar refractivity (Wildman–Crippen MR) is 75.7 cm³/mol. The first-order chi connectivity index (χ1) is 9.88. The molecule has 0 saturated carbocycles. The van der Waals surface area contributed by atoms with Crippen molar-refractivity contribution in [2.45, 2.75) is 4.90 Å². The first kappa shape index (κ1) is 14.9. The molecular weight excluding hydrogens is 297 g/mol. The van der Waals surface area contributed by atoms with E-state index in [9.17, 15) is 22.9 Å². The topological polar surface area (TPSA) is 77.3 Å². The van der Waals surface area contributed by atoms with Gasteiger partial charge in [-0.1, -0.05) is 12.1 Å². The van der Waals surface area contributed by atoms with Crippen molar-refractivity contribution in [3.63, 3.8) is 0 Å². The molecule has 0 bridgehead atoms. The highest BCUT2D eigenvalue weighted by Gasteiger charge is 2.12. The van der Waals surface area contributed by atoms with Gasteiger partial charge < -0.3 is 0 Å². The van der Waals surface area contributed by atoms with E-state index in [2.05, 4.69) is 0 Å². The molecule has 0 atom stereocenters. The Labute approximate surface area is 120 Å². The monoisotopic (exact) mass is 307 g/mol. The summed E-state index contributed by atoms with van der Waals surface area (Å²) in [7, 11) is -3.71. The van der Waals surface area contributed by atoms with Crippen molar-refractivity contribution >= 4 is 21.6 Å². The minimum absolute atomic E-state index is 0.0496. The zero-order valence-corrected chi connectivity index (χ0v) is 11.5. The number of hydrogen-bond acceptors (Lipinski definition) is 4. The maximum atomic E-state index is 12.7. The maximum absolute atomic E-state index is 12.7. The van der Waals surface area contributed by atoms with Crippen LogP contribution in [0.4, 0.5) is 10.1 Å². The fourth-order valence-electron chi connectivity index (χ4n) is 1.58. The average Bonchev–Trinajstić information content (AvgIpc) is 2.47. The van der Waals surface area contributed by atoms with Crippen LogP contribution in [0, 0.1) is 15.9 Å². The number of halogens is 1. The Morgan fingerprint density at radius 1 is 1.00 bits per heavy atom. The first-order valence-electron chi connectivity index (χ1n) is 5.82. The van der Waals surface area contributed by atoms with Crippen molar-refractivity contribution in [1.29, 1.82) is 0 Å². The molecule has 0 aliphatic rings. The molecule has 2 aromatic carbocycles. The van der Waals surface area contributed by atoms with Crippen LogP contribution >= 0.6 is 0 Å². The van der Waals surface area contributed by atoms with E-state index >= 15 is 0 Å². The van der Waals surface area contributed by atoms with Crippen LogP contribution in [-0.4, -0.2) is 13.3 Å². The van der Waals surface area contributed by atoms with Crippen LogP contribution in [0.25, 0.3) is 6.08 Å². The van der Waals surface area contributed by atoms with E-state index in [0.717, 1.165) is 17.5 Å². The van der Waals surface area contributed by atoms with Gasteiger partial charge in [0.05, 0.1) is 9.82 Å². The number of benzene rings is 2. The number of nitro groups is 1. The molecule has 0 N–H and O–H groups in total. The van der Waals surface area contributed by atoms with Gasteiger partial charge in [-0.2, -0.15) is 0 Å². The lowest BCUT2D eigenvalue weighted by atomic mass is 10.2. The van der Waals surface area contributed by atoms with E-state index in [1.807, 2.05) is 0 Å². The molecule has 0 aromatic heterocycles. The highest BCUT2D eigenvalue weighted by molar-refractivity contribution is 7.94. The fourth-order valence-corrected chi connectivity index (χ4v) is 2.59. The Morgan fingerprint density at radius 2 is 1.57 bits per heavy atom. The molecule has 0 unspecified atom stereocenters. The summed E-state index contributed by atoms with van der Waals surface area (Å²) in [5.41, 5.74) is 0.346. The van der Waals surface area contributed by atoms with Crippen molar-refractivity contribution in [1.82, 2.24) is 0 Å². The number of rotatable bonds is 4. The molecule has 2 aromatic rings. The molecule has 7 heteroatoms. The van der Waals surface area contributed by atoms with Crippen LogP contribution in [0.5, 0.6) is 0 Å². The minimum Gasteiger partial charge on any atom is -0.258 e. The maximum Gasteiger partial charge on any atom is 0.269 e. The van der Waals surface area contributed by atoms with Crippen molar-refractivity contribution in [3.8, 4) is 0 Å². The molecule has 0 heterocycles. The van der Waals surface area contributed by atoms with Gasteiger partial charge >= 0.3 is 0 Å². The summed E-state index contributed by atoms with van der Waals surface area (Å²) in [5.74, 6) is -0.412. The molecule has 0 saturated heterocycles. The van der Waals surface area contributed by atoms with Crippen LogP contribution in [0.3, 0.4) is 0 Å². The van der Waals surface area contributed by atoms with Gasteiger partial charge in [0.1, 0.15) is 5.82 Å². The summed E-state index contributed by atoms with van der Waals surface area (Å²) in [5, 5.41) is 11.5. The van der Waals surface area contributed by atoms with Crippen molar-refractivity contribution in [2.24, 2.45) is 0 Å². The summed E-state index contributed by atoms with van der Waals surface area (Å²) in [6.45, 7) is 0. The van der Waals surface area contributed by atoms with Crippen LogP contribution in [0.1, 0.15) is 5.56 Å². The lowest BCUT2D eigenvalue weighted by molar-refractivity contribution is -0.384. The molecule has 0 amide bonds. The highest BCUT2D eigenvalue weighted by Crippen LogP contribution is 2.18. The van der Waals surface area contributed by atoms with Crippen molar-refractivity contribution in [3.05, 3.63) is 75.4 Å². The Morgan fingerprint density at radius 3 is 2.10 bits per heavy atom. The Balaban J connectivity index is 2.25. The van der Waals surface area contributed by atoms with E-state index in [-0.39, 0.29) is 10.6 Å². The third-order valence-corrected chi connectivity index (χ3v) is 4.11. The minimum atomic E-state index is -3.71. The number of sulfone groups is 1. The molecule has 0 aliphatic carbocycles. The SMILES string of the molecule is O=[N+]([O-])c1ccc(S(=O)(=O)/C=C/c2ccc(F)cc2)cc1. The Kier molecular flexibility index (Phi) is 4.13. The number of hydrogen-bond donors (Lipinski definition) is 0. The molecule has 5 nitrogen and oxygen atoms in total. The van der Waals surface area contributed by atoms with E-state index in [1.54, 1.807) is 0 Å². The average molecular weight is 307 g/mol. The van der Waals surface area contributed by atoms with Crippen LogP contribution in [0.2, 0.25) is 0 Å². The van der Waals surface area contributed by atoms with E-state index in [4.69, 9.17) is 0 Å². The summed E-state index contributed by atoms with van der Waals surface area (Å²) in [4.78, 5) is 9.86. The number of nitro benzene ring substituents is 1. The zero-order chi connectivity index (χ0) is 15.5. The normalized spacial score (nSPS) is 11.7. The first-order valence-corrected chi connectivity index (χ1v) is 7.36. The van der Waals surface area contributed by atoms with Crippen molar-refractivity contribution < 1.29 is 17.7 Å². The van der Waals surface area contributed by atoms with Gasteiger partial charge in [0.25, 0.3) is 5.69 Å². The highest BCUT2D eigenvalue weighted by atomic mass is 32.2. The van der Waals surface area contributed by atoms with E-state index < -0.39 is 20.6 Å². The third kappa shape index (κ3) is 3.73. The molecule has 108 valence electrons. The van der Waals surface area contributed by atoms with Gasteiger partial charge in [-0.25, -0.2) is 12.8 Å². The van der Waals surface area contributed by atoms with Gasteiger partial charge in [0.15, 0.2) is 9.84 Å². The molecular formula is C14H10FNO4S. The Hall–Kier alpha value is -2.54. The van der Waals surface area contributed by atoms with Crippen LogP contribution in [0.15, 0.2) is 58.8 Å². The molecule has 0 spiro atoms. The molecule has 0 radical (unpaired) electrons. The van der Waals surface area contributed by atoms with Gasteiger partial charge in [-0.3, -0.25) is 10.1 Å². The standard InChI is InChI=1S/C14H10FNO4S/c15-12-3-1-11(2-4-12)9-10-21(19,20)14-7-5-13(6-8-14)16(17)18/h1-10H/b10-9+. The molecule has 21 heavy (non-hydrogen) atoms. The predicted octanol–water partition coefficient (Wildman–Crippen LogP) is 3.18. The fraction of sp³-hybridized carbons (Fsp3) is 0. The van der Waals surface area contributed by atoms with Gasteiger partial charge in [-0.15, -0.1) is 0 Å². The second-order valence-electron chi connectivity index (χ2n) is 4.15. The third-order valence-electron chi connectivity index (χ3n) is 2.69. The smallest absolute Gasteiger partial charge is 0.258 e. The molecule has 0 fully saturated rings. The second-order valence-corrected chi connectivity index (χ2v) is 5.98. The van der Waals surface area contributed by atoms with Gasteiger partial charge in [0.2, 0.25) is 0 Å². The molecule has 0 aliphatic heterocycles. The zero-order valence-electron chi connectivity index (χ0n) is 10.6. The van der Waals surface area contributed by atoms with E-state index in [0.29, 0.717) is 5.56 Å². The van der Waals surface area contributed by atoms with Crippen LogP contribution < -0.4 is 0 Å². The summed E-state index contributed by atoms with van der Waals surface area (Å²) in [6.07, 6.45) is 1.33. The lowest BCUT2D eigenvalue weighted by Gasteiger charge is -1.99. The molecule has 2 rings (SSSR count). The quantitative estimate of drug-likeness (QED) is 0.642. The number of non-ortho nitro benzene ring substituents is 1.